The monoisotopic (exact) mass is 344 g/mol. The molecule has 6 heteroatoms. The average Bonchev–Trinajstić information content (AvgIpc) is 2.55. The van der Waals surface area contributed by atoms with E-state index in [1.165, 1.54) is 0 Å². The van der Waals surface area contributed by atoms with E-state index in [-0.39, 0.29) is 23.1 Å². The molecule has 2 aliphatic rings. The summed E-state index contributed by atoms with van der Waals surface area (Å²) < 4.78 is 26.2. The number of likely N-dealkylation sites (N-methyl/N-ethyl adjacent to an activating group) is 1. The first-order valence-electron chi connectivity index (χ1n) is 9.06. The third kappa shape index (κ3) is 4.27. The Balaban J connectivity index is 2.18. The van der Waals surface area contributed by atoms with Crippen molar-refractivity contribution in [3.05, 3.63) is 0 Å². The van der Waals surface area contributed by atoms with Crippen molar-refractivity contribution >= 4 is 15.7 Å². The third-order valence-corrected chi connectivity index (χ3v) is 8.22. The Morgan fingerprint density at radius 1 is 1.09 bits per heavy atom. The Morgan fingerprint density at radius 2 is 1.74 bits per heavy atom. The maximum atomic E-state index is 13.1. The molecule has 0 spiro atoms. The van der Waals surface area contributed by atoms with Gasteiger partial charge in [0, 0.05) is 19.1 Å². The number of carbonyl (C=O) groups is 1. The van der Waals surface area contributed by atoms with Crippen LogP contribution >= 0.6 is 0 Å². The van der Waals surface area contributed by atoms with Crippen LogP contribution in [0.3, 0.4) is 0 Å². The first-order valence-corrected chi connectivity index (χ1v) is 10.7. The number of hydrogen-bond acceptors (Lipinski definition) is 4. The lowest BCUT2D eigenvalue weighted by atomic mass is 10.0. The number of carbonyl (C=O) groups excluding carboxylic acids is 1. The Morgan fingerprint density at radius 3 is 2.30 bits per heavy atom. The topological polar surface area (TPSA) is 66.5 Å². The number of amides is 1. The van der Waals surface area contributed by atoms with E-state index < -0.39 is 15.1 Å². The number of hydrogen-bond donors (Lipinski definition) is 1. The van der Waals surface area contributed by atoms with Crippen LogP contribution in [-0.2, 0) is 14.6 Å². The zero-order valence-corrected chi connectivity index (χ0v) is 15.6. The van der Waals surface area contributed by atoms with Crippen LogP contribution in [0.4, 0.5) is 0 Å². The first-order chi connectivity index (χ1) is 10.9. The second-order valence-electron chi connectivity index (χ2n) is 7.43. The molecule has 1 heterocycles. The SMILES string of the molecule is CNC1CCCN(C(=O)C(C(C)C)S(=O)(=O)C2CCCCC2)C1. The van der Waals surface area contributed by atoms with Crippen molar-refractivity contribution in [2.24, 2.45) is 5.92 Å². The highest BCUT2D eigenvalue weighted by Crippen LogP contribution is 2.30. The predicted octanol–water partition coefficient (Wildman–Crippen LogP) is 1.97. The molecule has 1 saturated heterocycles. The van der Waals surface area contributed by atoms with Gasteiger partial charge in [0.25, 0.3) is 0 Å². The molecule has 1 saturated carbocycles. The van der Waals surface area contributed by atoms with Crippen molar-refractivity contribution in [3.8, 4) is 0 Å². The maximum absolute atomic E-state index is 13.1. The summed E-state index contributed by atoms with van der Waals surface area (Å²) in [6, 6.07) is 0.276. The summed E-state index contributed by atoms with van der Waals surface area (Å²) >= 11 is 0. The molecule has 1 aliphatic heterocycles. The van der Waals surface area contributed by atoms with Gasteiger partial charge in [0.05, 0.1) is 5.25 Å². The van der Waals surface area contributed by atoms with Crippen molar-refractivity contribution in [2.75, 3.05) is 20.1 Å². The molecule has 0 bridgehead atoms. The molecule has 1 N–H and O–H groups in total. The average molecular weight is 345 g/mol. The Kier molecular flexibility index (Phi) is 6.48. The lowest BCUT2D eigenvalue weighted by Crippen LogP contribution is -2.54. The maximum Gasteiger partial charge on any atom is 0.241 e. The van der Waals surface area contributed by atoms with Gasteiger partial charge >= 0.3 is 0 Å². The van der Waals surface area contributed by atoms with Crippen molar-refractivity contribution in [1.29, 1.82) is 0 Å². The Bertz CT molecular complexity index is 498. The van der Waals surface area contributed by atoms with Gasteiger partial charge in [-0.25, -0.2) is 8.42 Å². The van der Waals surface area contributed by atoms with Crippen LogP contribution in [-0.4, -0.2) is 55.9 Å². The van der Waals surface area contributed by atoms with Gasteiger partial charge in [-0.15, -0.1) is 0 Å². The molecule has 0 aromatic carbocycles. The summed E-state index contributed by atoms with van der Waals surface area (Å²) in [7, 11) is -1.51. The number of likely N-dealkylation sites (tertiary alicyclic amines) is 1. The van der Waals surface area contributed by atoms with Gasteiger partial charge in [-0.1, -0.05) is 33.1 Å². The fourth-order valence-electron chi connectivity index (χ4n) is 4.00. The number of nitrogens with one attached hydrogen (secondary N) is 1. The lowest BCUT2D eigenvalue weighted by molar-refractivity contribution is -0.132. The van der Waals surface area contributed by atoms with Crippen LogP contribution in [0.2, 0.25) is 0 Å². The van der Waals surface area contributed by atoms with Gasteiger partial charge in [0.2, 0.25) is 5.91 Å². The molecule has 2 unspecified atom stereocenters. The van der Waals surface area contributed by atoms with Crippen LogP contribution in [0, 0.1) is 5.92 Å². The molecular weight excluding hydrogens is 312 g/mol. The number of sulfone groups is 1. The van der Waals surface area contributed by atoms with E-state index in [0.717, 1.165) is 44.9 Å². The second kappa shape index (κ2) is 7.97. The van der Waals surface area contributed by atoms with Crippen molar-refractivity contribution in [3.63, 3.8) is 0 Å². The minimum Gasteiger partial charge on any atom is -0.340 e. The van der Waals surface area contributed by atoms with E-state index in [2.05, 4.69) is 5.32 Å². The second-order valence-corrected chi connectivity index (χ2v) is 9.78. The quantitative estimate of drug-likeness (QED) is 0.828. The molecule has 5 nitrogen and oxygen atoms in total. The van der Waals surface area contributed by atoms with E-state index in [9.17, 15) is 13.2 Å². The molecular formula is C17H32N2O3S. The molecule has 2 rings (SSSR count). The van der Waals surface area contributed by atoms with E-state index in [0.29, 0.717) is 13.1 Å². The molecule has 0 aromatic heterocycles. The van der Waals surface area contributed by atoms with Gasteiger partial charge in [-0.05, 0) is 38.6 Å². The van der Waals surface area contributed by atoms with Crippen LogP contribution in [0.5, 0.6) is 0 Å². The number of rotatable bonds is 5. The molecule has 0 aromatic rings. The number of nitrogens with zero attached hydrogens (tertiary/aromatic N) is 1. The van der Waals surface area contributed by atoms with E-state index in [4.69, 9.17) is 0 Å². The Hall–Kier alpha value is -0.620. The van der Waals surface area contributed by atoms with Crippen LogP contribution in [0.1, 0.15) is 58.8 Å². The van der Waals surface area contributed by atoms with E-state index in [1.807, 2.05) is 20.9 Å². The minimum absolute atomic E-state index is 0.175. The molecule has 0 radical (unpaired) electrons. The summed E-state index contributed by atoms with van der Waals surface area (Å²) in [4.78, 5) is 14.8. The van der Waals surface area contributed by atoms with Gasteiger partial charge in [0.15, 0.2) is 9.84 Å². The van der Waals surface area contributed by atoms with Crippen molar-refractivity contribution in [1.82, 2.24) is 10.2 Å². The highest BCUT2D eigenvalue weighted by molar-refractivity contribution is 7.93. The van der Waals surface area contributed by atoms with Crippen LogP contribution < -0.4 is 5.32 Å². The molecule has 1 amide bonds. The number of piperidine rings is 1. The fraction of sp³-hybridized carbons (Fsp3) is 0.941. The summed E-state index contributed by atoms with van der Waals surface area (Å²) in [5, 5.41) is 2.02. The normalized spacial score (nSPS) is 25.6. The summed E-state index contributed by atoms with van der Waals surface area (Å²) in [5.74, 6) is -0.352. The summed E-state index contributed by atoms with van der Waals surface area (Å²) in [6.07, 6.45) is 6.47. The van der Waals surface area contributed by atoms with Crippen molar-refractivity contribution in [2.45, 2.75) is 75.3 Å². The highest BCUT2D eigenvalue weighted by Gasteiger charge is 2.43. The van der Waals surface area contributed by atoms with Gasteiger partial charge in [-0.2, -0.15) is 0 Å². The molecule has 2 fully saturated rings. The first kappa shape index (κ1) is 18.7. The minimum atomic E-state index is -3.41. The fourth-order valence-corrected chi connectivity index (χ4v) is 6.59. The predicted molar refractivity (Wildman–Crippen MR) is 93.1 cm³/mol. The molecule has 134 valence electrons. The standard InChI is InChI=1S/C17H32N2O3S/c1-13(2)16(23(21,22)15-9-5-4-6-10-15)17(20)19-11-7-8-14(12-19)18-3/h13-16,18H,4-12H2,1-3H3. The molecule has 23 heavy (non-hydrogen) atoms. The summed E-state index contributed by atoms with van der Waals surface area (Å²) in [6.45, 7) is 5.03. The van der Waals surface area contributed by atoms with Crippen LogP contribution in [0.15, 0.2) is 0 Å². The summed E-state index contributed by atoms with van der Waals surface area (Å²) in [5.41, 5.74) is 0. The zero-order chi connectivity index (χ0) is 17.0. The highest BCUT2D eigenvalue weighted by atomic mass is 32.2. The lowest BCUT2D eigenvalue weighted by Gasteiger charge is -2.37. The molecule has 2 atom stereocenters. The van der Waals surface area contributed by atoms with E-state index >= 15 is 0 Å². The largest absolute Gasteiger partial charge is 0.340 e. The smallest absolute Gasteiger partial charge is 0.241 e. The van der Waals surface area contributed by atoms with Gasteiger partial charge < -0.3 is 10.2 Å². The van der Waals surface area contributed by atoms with E-state index in [1.54, 1.807) is 4.90 Å². The molecule has 1 aliphatic carbocycles. The Labute approximate surface area is 141 Å². The third-order valence-electron chi connectivity index (χ3n) is 5.36. The van der Waals surface area contributed by atoms with Gasteiger partial charge in [-0.3, -0.25) is 4.79 Å². The zero-order valence-electron chi connectivity index (χ0n) is 14.8. The van der Waals surface area contributed by atoms with Crippen LogP contribution in [0.25, 0.3) is 0 Å². The van der Waals surface area contributed by atoms with Gasteiger partial charge in [0.1, 0.15) is 5.25 Å². The van der Waals surface area contributed by atoms with Crippen molar-refractivity contribution < 1.29 is 13.2 Å².